The van der Waals surface area contributed by atoms with Crippen LogP contribution in [0.15, 0.2) is 36.4 Å². The predicted molar refractivity (Wildman–Crippen MR) is 110 cm³/mol. The molecule has 0 aliphatic heterocycles. The molecule has 2 rings (SSSR count). The minimum absolute atomic E-state index is 0.0606. The Bertz CT molecular complexity index is 926. The molecule has 0 aliphatic rings. The van der Waals surface area contributed by atoms with Crippen molar-refractivity contribution in [2.45, 2.75) is 25.9 Å². The zero-order chi connectivity index (χ0) is 22.1. The van der Waals surface area contributed by atoms with Gasteiger partial charge in [0, 0.05) is 6.42 Å². The van der Waals surface area contributed by atoms with Crippen molar-refractivity contribution in [2.24, 2.45) is 0 Å². The van der Waals surface area contributed by atoms with Crippen molar-refractivity contribution in [1.29, 1.82) is 5.26 Å². The lowest BCUT2D eigenvalue weighted by atomic mass is 10.1. The number of esters is 1. The van der Waals surface area contributed by atoms with Crippen LogP contribution in [0.2, 0.25) is 0 Å². The van der Waals surface area contributed by atoms with Crippen LogP contribution in [-0.4, -0.2) is 39.3 Å². The van der Waals surface area contributed by atoms with E-state index in [2.05, 4.69) is 5.32 Å². The topological polar surface area (TPSA) is 107 Å². The molecule has 0 bridgehead atoms. The van der Waals surface area contributed by atoms with E-state index in [9.17, 15) is 9.59 Å². The van der Waals surface area contributed by atoms with Gasteiger partial charge in [0.1, 0.15) is 6.07 Å². The summed E-state index contributed by atoms with van der Waals surface area (Å²) in [5.41, 5.74) is 1.48. The summed E-state index contributed by atoms with van der Waals surface area (Å²) < 4.78 is 21.1. The second-order valence-corrected chi connectivity index (χ2v) is 6.31. The summed E-state index contributed by atoms with van der Waals surface area (Å²) in [5, 5.41) is 11.7. The van der Waals surface area contributed by atoms with Crippen molar-refractivity contribution in [1.82, 2.24) is 0 Å². The summed E-state index contributed by atoms with van der Waals surface area (Å²) in [6, 6.07) is 12.1. The van der Waals surface area contributed by atoms with Gasteiger partial charge in [0.2, 0.25) is 5.75 Å². The third kappa shape index (κ3) is 5.64. The number of nitrogens with one attached hydrogen (secondary N) is 1. The molecule has 0 spiro atoms. The summed E-state index contributed by atoms with van der Waals surface area (Å²) in [4.78, 5) is 24.5. The van der Waals surface area contributed by atoms with E-state index in [1.54, 1.807) is 36.4 Å². The van der Waals surface area contributed by atoms with E-state index >= 15 is 0 Å². The molecule has 0 radical (unpaired) electrons. The van der Waals surface area contributed by atoms with Crippen LogP contribution in [0.25, 0.3) is 0 Å². The molecule has 0 saturated carbocycles. The Morgan fingerprint density at radius 2 is 1.70 bits per heavy atom. The first-order chi connectivity index (χ1) is 14.4. The fourth-order valence-electron chi connectivity index (χ4n) is 2.76. The number of methoxy groups -OCH3 is 3. The lowest BCUT2D eigenvalue weighted by molar-refractivity contribution is -0.153. The number of carbonyl (C=O) groups is 2. The maximum atomic E-state index is 12.3. The molecule has 0 unspecified atom stereocenters. The van der Waals surface area contributed by atoms with Crippen molar-refractivity contribution in [3.05, 3.63) is 47.5 Å². The van der Waals surface area contributed by atoms with E-state index in [0.717, 1.165) is 5.56 Å². The number of ether oxygens (including phenoxy) is 4. The minimum Gasteiger partial charge on any atom is -0.493 e. The number of amides is 1. The van der Waals surface area contributed by atoms with Gasteiger partial charge in [-0.3, -0.25) is 9.59 Å². The van der Waals surface area contributed by atoms with Crippen molar-refractivity contribution < 1.29 is 28.5 Å². The molecule has 0 saturated heterocycles. The monoisotopic (exact) mass is 412 g/mol. The molecule has 1 amide bonds. The Balaban J connectivity index is 1.95. The molecular formula is C22H24N2O6. The van der Waals surface area contributed by atoms with Crippen LogP contribution in [0.4, 0.5) is 5.69 Å². The average molecular weight is 412 g/mol. The second-order valence-electron chi connectivity index (χ2n) is 6.31. The van der Waals surface area contributed by atoms with Gasteiger partial charge in [-0.05, 0) is 43.2 Å². The zero-order valence-corrected chi connectivity index (χ0v) is 17.4. The highest BCUT2D eigenvalue weighted by molar-refractivity contribution is 5.96. The SMILES string of the molecule is COc1cc(CCC(=O)O[C@@H](C)C(=O)Nc2ccccc2C#N)cc(OC)c1OC. The molecule has 0 aliphatic carbocycles. The number of anilines is 1. The van der Waals surface area contributed by atoms with Crippen LogP contribution in [0, 0.1) is 11.3 Å². The first kappa shape index (κ1) is 22.6. The third-order valence-electron chi connectivity index (χ3n) is 4.33. The van der Waals surface area contributed by atoms with Crippen LogP contribution in [0.3, 0.4) is 0 Å². The van der Waals surface area contributed by atoms with E-state index in [1.165, 1.54) is 28.3 Å². The summed E-state index contributed by atoms with van der Waals surface area (Å²) >= 11 is 0. The van der Waals surface area contributed by atoms with Crippen molar-refractivity contribution >= 4 is 17.6 Å². The van der Waals surface area contributed by atoms with Gasteiger partial charge >= 0.3 is 5.97 Å². The predicted octanol–water partition coefficient (Wildman–Crippen LogP) is 3.09. The number of aryl methyl sites for hydroxylation is 1. The van der Waals surface area contributed by atoms with E-state index < -0.39 is 18.0 Å². The fourth-order valence-corrected chi connectivity index (χ4v) is 2.76. The quantitative estimate of drug-likeness (QED) is 0.631. The number of carbonyl (C=O) groups excluding carboxylic acids is 2. The van der Waals surface area contributed by atoms with E-state index in [1.807, 2.05) is 6.07 Å². The lowest BCUT2D eigenvalue weighted by Gasteiger charge is -2.15. The van der Waals surface area contributed by atoms with Crippen LogP contribution in [-0.2, 0) is 20.7 Å². The van der Waals surface area contributed by atoms with E-state index in [4.69, 9.17) is 24.2 Å². The van der Waals surface area contributed by atoms with Gasteiger partial charge in [-0.15, -0.1) is 0 Å². The first-order valence-corrected chi connectivity index (χ1v) is 9.21. The highest BCUT2D eigenvalue weighted by Crippen LogP contribution is 2.38. The molecule has 8 heteroatoms. The molecule has 2 aromatic carbocycles. The molecule has 0 fully saturated rings. The minimum atomic E-state index is -1.01. The third-order valence-corrected chi connectivity index (χ3v) is 4.33. The average Bonchev–Trinajstić information content (AvgIpc) is 2.76. The first-order valence-electron chi connectivity index (χ1n) is 9.21. The summed E-state index contributed by atoms with van der Waals surface area (Å²) in [5.74, 6) is 0.404. The second kappa shape index (κ2) is 10.7. The Kier molecular flexibility index (Phi) is 8.06. The van der Waals surface area contributed by atoms with Crippen molar-refractivity contribution in [2.75, 3.05) is 26.6 Å². The zero-order valence-electron chi connectivity index (χ0n) is 17.4. The molecule has 8 nitrogen and oxygen atoms in total. The van der Waals surface area contributed by atoms with Gasteiger partial charge in [-0.25, -0.2) is 0 Å². The van der Waals surface area contributed by atoms with Crippen LogP contribution >= 0.6 is 0 Å². The molecule has 30 heavy (non-hydrogen) atoms. The number of nitriles is 1. The fraction of sp³-hybridized carbons (Fsp3) is 0.318. The van der Waals surface area contributed by atoms with Crippen LogP contribution < -0.4 is 19.5 Å². The Hall–Kier alpha value is -3.73. The number of hydrogen-bond donors (Lipinski definition) is 1. The Morgan fingerprint density at radius 3 is 2.27 bits per heavy atom. The molecular weight excluding hydrogens is 388 g/mol. The van der Waals surface area contributed by atoms with Gasteiger partial charge in [0.15, 0.2) is 17.6 Å². The van der Waals surface area contributed by atoms with Gasteiger partial charge in [0.05, 0.1) is 32.6 Å². The van der Waals surface area contributed by atoms with E-state index in [-0.39, 0.29) is 6.42 Å². The molecule has 1 N–H and O–H groups in total. The standard InChI is InChI=1S/C22H24N2O6/c1-14(22(26)24-17-8-6-5-7-16(17)13-23)30-20(25)10-9-15-11-18(27-2)21(29-4)19(12-15)28-3/h5-8,11-12,14H,9-10H2,1-4H3,(H,24,26)/t14-/m0/s1. The molecule has 0 heterocycles. The number of hydrogen-bond acceptors (Lipinski definition) is 7. The maximum Gasteiger partial charge on any atom is 0.306 e. The largest absolute Gasteiger partial charge is 0.493 e. The normalized spacial score (nSPS) is 11.0. The molecule has 0 aromatic heterocycles. The van der Waals surface area contributed by atoms with Gasteiger partial charge in [-0.1, -0.05) is 12.1 Å². The molecule has 1 atom stereocenters. The van der Waals surface area contributed by atoms with Gasteiger partial charge in [-0.2, -0.15) is 5.26 Å². The van der Waals surface area contributed by atoms with Gasteiger partial charge < -0.3 is 24.3 Å². The maximum absolute atomic E-state index is 12.3. The van der Waals surface area contributed by atoms with Crippen molar-refractivity contribution in [3.8, 4) is 23.3 Å². The number of benzene rings is 2. The highest BCUT2D eigenvalue weighted by Gasteiger charge is 2.19. The summed E-state index contributed by atoms with van der Waals surface area (Å²) in [7, 11) is 4.54. The van der Waals surface area contributed by atoms with E-state index in [0.29, 0.717) is 34.9 Å². The lowest BCUT2D eigenvalue weighted by Crippen LogP contribution is -2.30. The van der Waals surface area contributed by atoms with Crippen molar-refractivity contribution in [3.63, 3.8) is 0 Å². The summed E-state index contributed by atoms with van der Waals surface area (Å²) in [6.07, 6.45) is -0.587. The Labute approximate surface area is 175 Å². The van der Waals surface area contributed by atoms with Gasteiger partial charge in [0.25, 0.3) is 5.91 Å². The van der Waals surface area contributed by atoms with Crippen LogP contribution in [0.1, 0.15) is 24.5 Å². The molecule has 2 aromatic rings. The smallest absolute Gasteiger partial charge is 0.306 e. The highest BCUT2D eigenvalue weighted by atomic mass is 16.5. The van der Waals surface area contributed by atoms with Crippen LogP contribution in [0.5, 0.6) is 17.2 Å². The summed E-state index contributed by atoms with van der Waals surface area (Å²) in [6.45, 7) is 1.47. The molecule has 158 valence electrons. The number of nitrogens with zero attached hydrogens (tertiary/aromatic N) is 1. The number of rotatable bonds is 9. The Morgan fingerprint density at radius 1 is 1.07 bits per heavy atom. The number of para-hydroxylation sites is 1.